The molecule has 0 aliphatic rings. The van der Waals surface area contributed by atoms with Gasteiger partial charge in [0, 0.05) is 0 Å². The maximum absolute atomic E-state index is 3.39. The first-order valence-corrected chi connectivity index (χ1v) is 9.62. The first-order valence-electron chi connectivity index (χ1n) is 9.62. The summed E-state index contributed by atoms with van der Waals surface area (Å²) < 4.78 is 0. The van der Waals surface area contributed by atoms with Crippen molar-refractivity contribution >= 4 is 0 Å². The molecule has 0 aliphatic carbocycles. The summed E-state index contributed by atoms with van der Waals surface area (Å²) in [5.41, 5.74) is 2.55. The molecule has 0 saturated carbocycles. The van der Waals surface area contributed by atoms with Gasteiger partial charge >= 0.3 is 0 Å². The highest BCUT2D eigenvalue weighted by atomic mass is 14.8. The molecule has 1 heteroatoms. The van der Waals surface area contributed by atoms with Crippen LogP contribution in [0.25, 0.3) is 11.1 Å². The molecule has 0 saturated heterocycles. The van der Waals surface area contributed by atoms with E-state index in [1.807, 2.05) is 12.1 Å². The second kappa shape index (κ2) is 13.8. The van der Waals surface area contributed by atoms with Gasteiger partial charge in [0.25, 0.3) is 0 Å². The minimum Gasteiger partial charge on any atom is -0.317 e. The van der Waals surface area contributed by atoms with E-state index in [4.69, 9.17) is 0 Å². The Kier molecular flexibility index (Phi) is 11.8. The van der Waals surface area contributed by atoms with E-state index in [-0.39, 0.29) is 0 Å². The molecule has 0 bridgehead atoms. The Balaban J connectivity index is 0.000000240. The molecule has 2 rings (SSSR count). The van der Waals surface area contributed by atoms with Gasteiger partial charge in [0.15, 0.2) is 0 Å². The number of benzene rings is 2. The van der Waals surface area contributed by atoms with Gasteiger partial charge in [-0.15, -0.1) is 0 Å². The van der Waals surface area contributed by atoms with Gasteiger partial charge in [-0.25, -0.2) is 0 Å². The standard InChI is InChI=1S/C12H10.C11H25N/c1-3-7-11(8-4-1)12-9-5-2-6-10-12;1-4-7-8-11(5-2)9-10-12-6-3/h1-10H;11-12H,4-10H2,1-3H3. The molecule has 1 N–H and O–H groups in total. The molecule has 1 unspecified atom stereocenters. The molecule has 1 atom stereocenters. The monoisotopic (exact) mass is 325 g/mol. The van der Waals surface area contributed by atoms with Crippen molar-refractivity contribution in [2.75, 3.05) is 13.1 Å². The second-order valence-electron chi connectivity index (χ2n) is 6.29. The van der Waals surface area contributed by atoms with E-state index in [1.165, 1.54) is 49.8 Å². The highest BCUT2D eigenvalue weighted by Gasteiger charge is 2.03. The van der Waals surface area contributed by atoms with Crippen molar-refractivity contribution in [2.45, 2.75) is 52.9 Å². The van der Waals surface area contributed by atoms with Crippen LogP contribution in [0.15, 0.2) is 60.7 Å². The highest BCUT2D eigenvalue weighted by molar-refractivity contribution is 5.62. The Bertz CT molecular complexity index is 454. The lowest BCUT2D eigenvalue weighted by molar-refractivity contribution is 0.412. The smallest absolute Gasteiger partial charge is 0.00464 e. The molecular weight excluding hydrogens is 290 g/mol. The number of unbranched alkanes of at least 4 members (excludes halogenated alkanes) is 1. The van der Waals surface area contributed by atoms with Crippen LogP contribution in [0.1, 0.15) is 52.9 Å². The first-order chi connectivity index (χ1) is 11.8. The van der Waals surface area contributed by atoms with Crippen LogP contribution in [0.2, 0.25) is 0 Å². The maximum Gasteiger partial charge on any atom is -0.00464 e. The molecule has 24 heavy (non-hydrogen) atoms. The normalized spacial score (nSPS) is 11.5. The maximum atomic E-state index is 3.39. The van der Waals surface area contributed by atoms with Crippen LogP contribution in [0.4, 0.5) is 0 Å². The summed E-state index contributed by atoms with van der Waals surface area (Å²) in [4.78, 5) is 0. The predicted molar refractivity (Wildman–Crippen MR) is 108 cm³/mol. The fourth-order valence-corrected chi connectivity index (χ4v) is 2.79. The number of hydrogen-bond donors (Lipinski definition) is 1. The summed E-state index contributed by atoms with van der Waals surface area (Å²) in [7, 11) is 0. The van der Waals surface area contributed by atoms with Crippen molar-refractivity contribution in [3.63, 3.8) is 0 Å². The van der Waals surface area contributed by atoms with Crippen molar-refractivity contribution in [1.29, 1.82) is 0 Å². The summed E-state index contributed by atoms with van der Waals surface area (Å²) in [6, 6.07) is 20.8. The number of nitrogens with one attached hydrogen (secondary N) is 1. The first kappa shape index (κ1) is 20.4. The zero-order valence-electron chi connectivity index (χ0n) is 15.8. The zero-order chi connectivity index (χ0) is 17.5. The Labute approximate surface area is 149 Å². The van der Waals surface area contributed by atoms with Crippen LogP contribution in [-0.2, 0) is 0 Å². The van der Waals surface area contributed by atoms with Crippen molar-refractivity contribution in [3.05, 3.63) is 60.7 Å². The van der Waals surface area contributed by atoms with Crippen LogP contribution in [0.3, 0.4) is 0 Å². The average Bonchev–Trinajstić information content (AvgIpc) is 2.66. The molecule has 2 aromatic carbocycles. The zero-order valence-corrected chi connectivity index (χ0v) is 15.8. The third-order valence-corrected chi connectivity index (χ3v) is 4.40. The summed E-state index contributed by atoms with van der Waals surface area (Å²) in [6.07, 6.45) is 6.90. The van der Waals surface area contributed by atoms with Gasteiger partial charge in [0.2, 0.25) is 0 Å². The molecule has 0 spiro atoms. The van der Waals surface area contributed by atoms with Crippen LogP contribution >= 0.6 is 0 Å². The van der Waals surface area contributed by atoms with Crippen LogP contribution in [0, 0.1) is 5.92 Å². The number of rotatable bonds is 9. The molecule has 132 valence electrons. The predicted octanol–water partition coefficient (Wildman–Crippen LogP) is 6.56. The SMILES string of the molecule is CCCCC(CC)CCNCC.c1ccc(-c2ccccc2)cc1. The van der Waals surface area contributed by atoms with E-state index in [0.29, 0.717) is 0 Å². The molecule has 0 heterocycles. The Hall–Kier alpha value is -1.60. The fraction of sp³-hybridized carbons (Fsp3) is 0.478. The van der Waals surface area contributed by atoms with Gasteiger partial charge in [-0.05, 0) is 36.6 Å². The summed E-state index contributed by atoms with van der Waals surface area (Å²) in [5.74, 6) is 0.962. The van der Waals surface area contributed by atoms with E-state index in [1.54, 1.807) is 0 Å². The summed E-state index contributed by atoms with van der Waals surface area (Å²) in [5, 5.41) is 3.39. The minimum atomic E-state index is 0.962. The molecule has 1 nitrogen and oxygen atoms in total. The lowest BCUT2D eigenvalue weighted by Gasteiger charge is -2.13. The molecule has 0 aliphatic heterocycles. The molecule has 0 amide bonds. The van der Waals surface area contributed by atoms with E-state index in [2.05, 4.69) is 74.6 Å². The molecule has 0 aromatic heterocycles. The van der Waals surface area contributed by atoms with Gasteiger partial charge in [0.05, 0.1) is 0 Å². The molecule has 0 fully saturated rings. The molecular formula is C23H35N. The Morgan fingerprint density at radius 3 is 1.71 bits per heavy atom. The summed E-state index contributed by atoms with van der Waals surface area (Å²) >= 11 is 0. The van der Waals surface area contributed by atoms with Gasteiger partial charge in [0.1, 0.15) is 0 Å². The third-order valence-electron chi connectivity index (χ3n) is 4.40. The van der Waals surface area contributed by atoms with E-state index < -0.39 is 0 Å². The van der Waals surface area contributed by atoms with E-state index in [0.717, 1.165) is 12.5 Å². The van der Waals surface area contributed by atoms with Crippen molar-refractivity contribution in [3.8, 4) is 11.1 Å². The number of hydrogen-bond acceptors (Lipinski definition) is 1. The molecule has 0 radical (unpaired) electrons. The van der Waals surface area contributed by atoms with Crippen molar-refractivity contribution in [1.82, 2.24) is 5.32 Å². The van der Waals surface area contributed by atoms with E-state index in [9.17, 15) is 0 Å². The Morgan fingerprint density at radius 2 is 1.29 bits per heavy atom. The van der Waals surface area contributed by atoms with Gasteiger partial charge < -0.3 is 5.32 Å². The quantitative estimate of drug-likeness (QED) is 0.515. The van der Waals surface area contributed by atoms with Crippen LogP contribution < -0.4 is 5.32 Å². The highest BCUT2D eigenvalue weighted by Crippen LogP contribution is 2.17. The average molecular weight is 326 g/mol. The van der Waals surface area contributed by atoms with Gasteiger partial charge in [-0.2, -0.15) is 0 Å². The minimum absolute atomic E-state index is 0.962. The van der Waals surface area contributed by atoms with Gasteiger partial charge in [-0.1, -0.05) is 107 Å². The lowest BCUT2D eigenvalue weighted by atomic mass is 9.96. The third kappa shape index (κ3) is 8.88. The fourth-order valence-electron chi connectivity index (χ4n) is 2.79. The topological polar surface area (TPSA) is 12.0 Å². The van der Waals surface area contributed by atoms with E-state index >= 15 is 0 Å². The van der Waals surface area contributed by atoms with Crippen molar-refractivity contribution in [2.24, 2.45) is 5.92 Å². The van der Waals surface area contributed by atoms with Gasteiger partial charge in [-0.3, -0.25) is 0 Å². The molecule has 2 aromatic rings. The second-order valence-corrected chi connectivity index (χ2v) is 6.29. The van der Waals surface area contributed by atoms with Crippen molar-refractivity contribution < 1.29 is 0 Å². The largest absolute Gasteiger partial charge is 0.317 e. The summed E-state index contributed by atoms with van der Waals surface area (Å²) in [6.45, 7) is 9.08. The van der Waals surface area contributed by atoms with Crippen LogP contribution in [-0.4, -0.2) is 13.1 Å². The van der Waals surface area contributed by atoms with Crippen LogP contribution in [0.5, 0.6) is 0 Å². The lowest BCUT2D eigenvalue weighted by Crippen LogP contribution is -2.17. The Morgan fingerprint density at radius 1 is 0.750 bits per heavy atom.